The molecule has 0 aliphatic heterocycles. The minimum Gasteiger partial charge on any atom is -0.481 e. The fourth-order valence-electron chi connectivity index (χ4n) is 1.47. The van der Waals surface area contributed by atoms with Crippen molar-refractivity contribution in [3.8, 4) is 11.5 Å². The van der Waals surface area contributed by atoms with Crippen LogP contribution in [0.1, 0.15) is 11.4 Å². The van der Waals surface area contributed by atoms with E-state index in [0.717, 1.165) is 0 Å². The number of carbonyl (C=O) groups is 1. The van der Waals surface area contributed by atoms with E-state index in [1.807, 2.05) is 0 Å². The second-order valence-corrected chi connectivity index (χ2v) is 3.75. The number of hydrogen-bond donors (Lipinski definition) is 1. The number of ether oxygens (including phenoxy) is 1. The highest BCUT2D eigenvalue weighted by molar-refractivity contribution is 5.71. The molecule has 18 heavy (non-hydrogen) atoms. The number of nitrogens with zero attached hydrogens (tertiary/aromatic N) is 2. The van der Waals surface area contributed by atoms with Crippen LogP contribution in [0.5, 0.6) is 11.5 Å². The van der Waals surface area contributed by atoms with Gasteiger partial charge in [-0.25, -0.2) is 9.97 Å². The first-order valence-corrected chi connectivity index (χ1v) is 5.41. The number of aromatic nitrogens is 2. The van der Waals surface area contributed by atoms with E-state index >= 15 is 0 Å². The van der Waals surface area contributed by atoms with E-state index in [2.05, 4.69) is 9.97 Å². The van der Waals surface area contributed by atoms with Crippen LogP contribution in [0.15, 0.2) is 36.7 Å². The van der Waals surface area contributed by atoms with Gasteiger partial charge >= 0.3 is 5.97 Å². The highest BCUT2D eigenvalue weighted by atomic mass is 16.5. The third kappa shape index (κ3) is 3.04. The van der Waals surface area contributed by atoms with E-state index in [1.165, 1.54) is 0 Å². The van der Waals surface area contributed by atoms with Gasteiger partial charge in [0.25, 0.3) is 0 Å². The Morgan fingerprint density at radius 2 is 1.94 bits per heavy atom. The molecule has 0 aliphatic carbocycles. The summed E-state index contributed by atoms with van der Waals surface area (Å²) in [5.41, 5.74) is 0.616. The largest absolute Gasteiger partial charge is 0.481 e. The van der Waals surface area contributed by atoms with Crippen molar-refractivity contribution in [2.24, 2.45) is 0 Å². The molecule has 1 N–H and O–H groups in total. The van der Waals surface area contributed by atoms with Gasteiger partial charge in [0, 0.05) is 5.56 Å². The summed E-state index contributed by atoms with van der Waals surface area (Å²) in [5.74, 6) is 0.748. The summed E-state index contributed by atoms with van der Waals surface area (Å²) in [6.45, 7) is 1.78. The first-order chi connectivity index (χ1) is 8.65. The molecule has 0 saturated carbocycles. The molecule has 1 aromatic carbocycles. The minimum atomic E-state index is -0.897. The second kappa shape index (κ2) is 5.27. The van der Waals surface area contributed by atoms with Crippen molar-refractivity contribution in [1.82, 2.24) is 9.97 Å². The van der Waals surface area contributed by atoms with E-state index in [1.54, 1.807) is 43.6 Å². The van der Waals surface area contributed by atoms with Crippen LogP contribution in [-0.2, 0) is 11.2 Å². The van der Waals surface area contributed by atoms with Crippen molar-refractivity contribution in [1.29, 1.82) is 0 Å². The lowest BCUT2D eigenvalue weighted by atomic mass is 10.1. The summed E-state index contributed by atoms with van der Waals surface area (Å²) < 4.78 is 5.58. The lowest BCUT2D eigenvalue weighted by molar-refractivity contribution is -0.136. The maximum atomic E-state index is 10.7. The molecule has 0 saturated heterocycles. The average Bonchev–Trinajstić information content (AvgIpc) is 2.34. The number of rotatable bonds is 4. The Morgan fingerprint density at radius 3 is 2.61 bits per heavy atom. The van der Waals surface area contributed by atoms with Crippen LogP contribution in [-0.4, -0.2) is 21.0 Å². The van der Waals surface area contributed by atoms with E-state index in [-0.39, 0.29) is 6.42 Å². The normalized spacial score (nSPS) is 10.1. The Kier molecular flexibility index (Phi) is 3.52. The molecule has 0 bridgehead atoms. The summed E-state index contributed by atoms with van der Waals surface area (Å²) >= 11 is 0. The quantitative estimate of drug-likeness (QED) is 0.892. The molecule has 1 heterocycles. The fraction of sp³-hybridized carbons (Fsp3) is 0.154. The number of carboxylic acid groups (broad SMARTS) is 1. The molecule has 2 aromatic rings. The summed E-state index contributed by atoms with van der Waals surface area (Å²) in [4.78, 5) is 18.8. The van der Waals surface area contributed by atoms with Crippen LogP contribution < -0.4 is 4.74 Å². The molecular formula is C13H12N2O3. The highest BCUT2D eigenvalue weighted by Crippen LogP contribution is 2.24. The number of carboxylic acids is 1. The average molecular weight is 244 g/mol. The van der Waals surface area contributed by atoms with E-state index < -0.39 is 5.97 Å². The zero-order chi connectivity index (χ0) is 13.0. The lowest BCUT2D eigenvalue weighted by Gasteiger charge is -2.09. The van der Waals surface area contributed by atoms with Crippen LogP contribution in [0, 0.1) is 6.92 Å². The molecule has 0 unspecified atom stereocenters. The standard InChI is InChI=1S/C13H12N2O3/c1-9-14-7-11(8-15-9)18-12-5-3-2-4-10(12)6-13(16)17/h2-5,7-8H,6H2,1H3,(H,16,17). The van der Waals surface area contributed by atoms with Crippen molar-refractivity contribution in [2.45, 2.75) is 13.3 Å². The summed E-state index contributed by atoms with van der Waals surface area (Å²) in [5, 5.41) is 8.81. The predicted octanol–water partition coefficient (Wildman–Crippen LogP) is 2.20. The zero-order valence-electron chi connectivity index (χ0n) is 9.83. The molecule has 0 aliphatic rings. The Morgan fingerprint density at radius 1 is 1.28 bits per heavy atom. The first-order valence-electron chi connectivity index (χ1n) is 5.41. The van der Waals surface area contributed by atoms with Gasteiger partial charge in [-0.3, -0.25) is 4.79 Å². The van der Waals surface area contributed by atoms with Gasteiger partial charge in [0.15, 0.2) is 5.75 Å². The molecule has 1 aromatic heterocycles. The van der Waals surface area contributed by atoms with Crippen molar-refractivity contribution in [3.63, 3.8) is 0 Å². The molecule has 5 heteroatoms. The maximum absolute atomic E-state index is 10.7. The SMILES string of the molecule is Cc1ncc(Oc2ccccc2CC(=O)O)cn1. The molecule has 5 nitrogen and oxygen atoms in total. The first kappa shape index (κ1) is 12.0. The van der Waals surface area contributed by atoms with Crippen LogP contribution in [0.3, 0.4) is 0 Å². The van der Waals surface area contributed by atoms with Crippen LogP contribution in [0.4, 0.5) is 0 Å². The zero-order valence-corrected chi connectivity index (χ0v) is 9.83. The van der Waals surface area contributed by atoms with Crippen molar-refractivity contribution in [3.05, 3.63) is 48.0 Å². The van der Waals surface area contributed by atoms with Gasteiger partial charge in [0.1, 0.15) is 11.6 Å². The highest BCUT2D eigenvalue weighted by Gasteiger charge is 2.08. The minimum absolute atomic E-state index is 0.0805. The number of hydrogen-bond acceptors (Lipinski definition) is 4. The van der Waals surface area contributed by atoms with Crippen LogP contribution in [0.2, 0.25) is 0 Å². The number of aryl methyl sites for hydroxylation is 1. The second-order valence-electron chi connectivity index (χ2n) is 3.75. The van der Waals surface area contributed by atoms with Gasteiger partial charge in [-0.05, 0) is 13.0 Å². The van der Waals surface area contributed by atoms with E-state index in [0.29, 0.717) is 22.9 Å². The summed E-state index contributed by atoms with van der Waals surface area (Å²) in [6.07, 6.45) is 3.03. The van der Waals surface area contributed by atoms with Gasteiger partial charge in [0.05, 0.1) is 18.8 Å². The topological polar surface area (TPSA) is 72.3 Å². The van der Waals surface area contributed by atoms with Crippen molar-refractivity contribution in [2.75, 3.05) is 0 Å². The summed E-state index contributed by atoms with van der Waals surface area (Å²) in [7, 11) is 0. The Balaban J connectivity index is 2.23. The van der Waals surface area contributed by atoms with Crippen LogP contribution >= 0.6 is 0 Å². The Labute approximate surface area is 104 Å². The van der Waals surface area contributed by atoms with Gasteiger partial charge < -0.3 is 9.84 Å². The Bertz CT molecular complexity index is 552. The third-order valence-corrected chi connectivity index (χ3v) is 2.30. The fourth-order valence-corrected chi connectivity index (χ4v) is 1.47. The van der Waals surface area contributed by atoms with Crippen molar-refractivity contribution >= 4 is 5.97 Å². The van der Waals surface area contributed by atoms with Gasteiger partial charge in [-0.1, -0.05) is 18.2 Å². The number of aliphatic carboxylic acids is 1. The number of para-hydroxylation sites is 1. The van der Waals surface area contributed by atoms with E-state index in [4.69, 9.17) is 9.84 Å². The van der Waals surface area contributed by atoms with Crippen molar-refractivity contribution < 1.29 is 14.6 Å². The molecule has 2 rings (SSSR count). The molecule has 0 spiro atoms. The molecule has 0 fully saturated rings. The smallest absolute Gasteiger partial charge is 0.307 e. The van der Waals surface area contributed by atoms with Gasteiger partial charge in [-0.15, -0.1) is 0 Å². The Hall–Kier alpha value is -2.43. The maximum Gasteiger partial charge on any atom is 0.307 e. The predicted molar refractivity (Wildman–Crippen MR) is 64.6 cm³/mol. The molecule has 92 valence electrons. The number of benzene rings is 1. The molecule has 0 amide bonds. The van der Waals surface area contributed by atoms with Crippen LogP contribution in [0.25, 0.3) is 0 Å². The lowest BCUT2D eigenvalue weighted by Crippen LogP contribution is -2.02. The summed E-state index contributed by atoms with van der Waals surface area (Å²) in [6, 6.07) is 7.00. The molecular weight excluding hydrogens is 232 g/mol. The monoisotopic (exact) mass is 244 g/mol. The van der Waals surface area contributed by atoms with E-state index in [9.17, 15) is 4.79 Å². The van der Waals surface area contributed by atoms with Gasteiger partial charge in [0.2, 0.25) is 0 Å². The molecule has 0 radical (unpaired) electrons. The van der Waals surface area contributed by atoms with Gasteiger partial charge in [-0.2, -0.15) is 0 Å². The molecule has 0 atom stereocenters. The third-order valence-electron chi connectivity index (χ3n) is 2.30.